The van der Waals surface area contributed by atoms with E-state index in [1.54, 1.807) is 11.7 Å². The average Bonchev–Trinajstić information content (AvgIpc) is 2.75. The first-order chi connectivity index (χ1) is 9.11. The lowest BCUT2D eigenvalue weighted by molar-refractivity contribution is -0.00573. The Bertz CT molecular complexity index is 436. The number of aromatic nitrogens is 2. The number of aliphatic hydroxyl groups is 1. The molecule has 1 aromatic rings. The molecule has 1 saturated heterocycles. The van der Waals surface area contributed by atoms with Gasteiger partial charge in [-0.3, -0.25) is 9.48 Å². The molecule has 0 saturated carbocycles. The second-order valence-corrected chi connectivity index (χ2v) is 4.88. The Labute approximate surface area is 113 Å². The summed E-state index contributed by atoms with van der Waals surface area (Å²) in [5, 5.41) is 12.9. The molecule has 0 spiro atoms. The van der Waals surface area contributed by atoms with Crippen LogP contribution in [0.15, 0.2) is 6.07 Å². The first-order valence-electron chi connectivity index (χ1n) is 6.64. The van der Waals surface area contributed by atoms with Gasteiger partial charge in [0, 0.05) is 20.1 Å². The quantitative estimate of drug-likeness (QED) is 0.854. The maximum absolute atomic E-state index is 12.3. The van der Waals surface area contributed by atoms with Crippen molar-refractivity contribution in [2.24, 2.45) is 7.05 Å². The van der Waals surface area contributed by atoms with Gasteiger partial charge in [-0.1, -0.05) is 0 Å². The van der Waals surface area contributed by atoms with Crippen molar-refractivity contribution in [2.75, 3.05) is 26.3 Å². The van der Waals surface area contributed by atoms with Gasteiger partial charge in [0.05, 0.1) is 25.0 Å². The molecule has 1 N–H and O–H groups in total. The lowest BCUT2D eigenvalue weighted by Crippen LogP contribution is -2.41. The number of aryl methyl sites for hydroxylation is 2. The topological polar surface area (TPSA) is 67.6 Å². The zero-order chi connectivity index (χ0) is 13.8. The summed E-state index contributed by atoms with van der Waals surface area (Å²) in [4.78, 5) is 14.2. The van der Waals surface area contributed by atoms with Crippen molar-refractivity contribution in [1.82, 2.24) is 14.7 Å². The summed E-state index contributed by atoms with van der Waals surface area (Å²) < 4.78 is 7.12. The normalized spacial score (nSPS) is 16.9. The maximum atomic E-state index is 12.3. The first kappa shape index (κ1) is 14.0. The smallest absolute Gasteiger partial charge is 0.272 e. The summed E-state index contributed by atoms with van der Waals surface area (Å²) in [5.41, 5.74) is 1.49. The van der Waals surface area contributed by atoms with Gasteiger partial charge in [-0.2, -0.15) is 5.10 Å². The van der Waals surface area contributed by atoms with Gasteiger partial charge in [0.25, 0.3) is 5.91 Å². The molecule has 0 radical (unpaired) electrons. The van der Waals surface area contributed by atoms with Gasteiger partial charge in [0.15, 0.2) is 0 Å². The van der Waals surface area contributed by atoms with Gasteiger partial charge in [0.1, 0.15) is 5.69 Å². The standard InChI is InChI=1S/C13H21N3O3/c1-10-9-12(15(2)14-10)13(18)16-5-3-11(4-6-16)19-8-7-17/h9,11,17H,3-8H2,1-2H3. The van der Waals surface area contributed by atoms with Crippen molar-refractivity contribution < 1.29 is 14.6 Å². The summed E-state index contributed by atoms with van der Waals surface area (Å²) in [5.74, 6) is 0.0312. The number of likely N-dealkylation sites (tertiary alicyclic amines) is 1. The molecule has 6 nitrogen and oxygen atoms in total. The van der Waals surface area contributed by atoms with E-state index in [4.69, 9.17) is 9.84 Å². The van der Waals surface area contributed by atoms with E-state index in [1.807, 2.05) is 17.9 Å². The number of hydrogen-bond donors (Lipinski definition) is 1. The van der Waals surface area contributed by atoms with Gasteiger partial charge in [-0.15, -0.1) is 0 Å². The molecule has 0 bridgehead atoms. The van der Waals surface area contributed by atoms with E-state index >= 15 is 0 Å². The predicted octanol–water partition coefficient (Wildman–Crippen LogP) is 0.342. The molecular formula is C13H21N3O3. The van der Waals surface area contributed by atoms with Crippen molar-refractivity contribution in [2.45, 2.75) is 25.9 Å². The minimum atomic E-state index is 0.0312. The van der Waals surface area contributed by atoms with E-state index in [2.05, 4.69) is 5.10 Å². The van der Waals surface area contributed by atoms with E-state index in [0.29, 0.717) is 25.4 Å². The minimum absolute atomic E-state index is 0.0312. The number of aliphatic hydroxyl groups excluding tert-OH is 1. The third-order valence-electron chi connectivity index (χ3n) is 3.40. The highest BCUT2D eigenvalue weighted by Crippen LogP contribution is 2.16. The molecule has 0 aromatic carbocycles. The second-order valence-electron chi connectivity index (χ2n) is 4.88. The Balaban J connectivity index is 1.91. The molecule has 0 unspecified atom stereocenters. The zero-order valence-electron chi connectivity index (χ0n) is 11.5. The molecule has 1 fully saturated rings. The number of piperidine rings is 1. The number of carbonyl (C=O) groups is 1. The van der Waals surface area contributed by atoms with Crippen LogP contribution in [0.4, 0.5) is 0 Å². The van der Waals surface area contributed by atoms with Crippen molar-refractivity contribution >= 4 is 5.91 Å². The Kier molecular flexibility index (Phi) is 4.55. The molecule has 1 aliphatic rings. The van der Waals surface area contributed by atoms with Crippen molar-refractivity contribution in [3.63, 3.8) is 0 Å². The Morgan fingerprint density at radius 2 is 2.21 bits per heavy atom. The van der Waals surface area contributed by atoms with Crippen LogP contribution in [0.5, 0.6) is 0 Å². The fraction of sp³-hybridized carbons (Fsp3) is 0.692. The van der Waals surface area contributed by atoms with E-state index in [9.17, 15) is 4.79 Å². The highest BCUT2D eigenvalue weighted by molar-refractivity contribution is 5.92. The molecule has 6 heteroatoms. The largest absolute Gasteiger partial charge is 0.394 e. The monoisotopic (exact) mass is 267 g/mol. The van der Waals surface area contributed by atoms with Crippen LogP contribution < -0.4 is 0 Å². The molecule has 0 aliphatic carbocycles. The third-order valence-corrected chi connectivity index (χ3v) is 3.40. The molecule has 1 amide bonds. The summed E-state index contributed by atoms with van der Waals surface area (Å²) in [7, 11) is 1.79. The fourth-order valence-corrected chi connectivity index (χ4v) is 2.42. The third kappa shape index (κ3) is 3.33. The number of ether oxygens (including phenoxy) is 1. The molecular weight excluding hydrogens is 246 g/mol. The second kappa shape index (κ2) is 6.16. The van der Waals surface area contributed by atoms with Crippen LogP contribution in [0.1, 0.15) is 29.0 Å². The Hall–Kier alpha value is -1.40. The lowest BCUT2D eigenvalue weighted by Gasteiger charge is -2.31. The summed E-state index contributed by atoms with van der Waals surface area (Å²) in [6.07, 6.45) is 1.80. The first-order valence-corrected chi connectivity index (χ1v) is 6.64. The van der Waals surface area contributed by atoms with Crippen molar-refractivity contribution in [3.05, 3.63) is 17.5 Å². The predicted molar refractivity (Wildman–Crippen MR) is 69.9 cm³/mol. The van der Waals surface area contributed by atoms with Crippen LogP contribution >= 0.6 is 0 Å². The molecule has 2 heterocycles. The Morgan fingerprint density at radius 3 is 2.74 bits per heavy atom. The highest BCUT2D eigenvalue weighted by atomic mass is 16.5. The molecule has 2 rings (SSSR count). The number of rotatable bonds is 4. The Morgan fingerprint density at radius 1 is 1.53 bits per heavy atom. The number of carbonyl (C=O) groups excluding carboxylic acids is 1. The van der Waals surface area contributed by atoms with Crippen molar-refractivity contribution in [1.29, 1.82) is 0 Å². The van der Waals surface area contributed by atoms with E-state index in [-0.39, 0.29) is 18.6 Å². The van der Waals surface area contributed by atoms with Gasteiger partial charge < -0.3 is 14.7 Å². The molecule has 19 heavy (non-hydrogen) atoms. The SMILES string of the molecule is Cc1cc(C(=O)N2CCC(OCCO)CC2)n(C)n1. The van der Waals surface area contributed by atoms with Gasteiger partial charge in [-0.05, 0) is 25.8 Å². The zero-order valence-corrected chi connectivity index (χ0v) is 11.5. The van der Waals surface area contributed by atoms with Crippen LogP contribution in [-0.4, -0.2) is 58.1 Å². The summed E-state index contributed by atoms with van der Waals surface area (Å²) in [6, 6.07) is 1.82. The summed E-state index contributed by atoms with van der Waals surface area (Å²) in [6.45, 7) is 3.69. The molecule has 1 aliphatic heterocycles. The number of hydrogen-bond acceptors (Lipinski definition) is 4. The summed E-state index contributed by atoms with van der Waals surface area (Å²) >= 11 is 0. The van der Waals surface area contributed by atoms with Crippen LogP contribution in [0.3, 0.4) is 0 Å². The van der Waals surface area contributed by atoms with Crippen LogP contribution in [0, 0.1) is 6.92 Å². The number of nitrogens with zero attached hydrogens (tertiary/aromatic N) is 3. The molecule has 106 valence electrons. The molecule has 0 atom stereocenters. The fourth-order valence-electron chi connectivity index (χ4n) is 2.42. The van der Waals surface area contributed by atoms with Gasteiger partial charge >= 0.3 is 0 Å². The van der Waals surface area contributed by atoms with E-state index < -0.39 is 0 Å². The maximum Gasteiger partial charge on any atom is 0.272 e. The molecule has 1 aromatic heterocycles. The van der Waals surface area contributed by atoms with E-state index in [1.165, 1.54) is 0 Å². The van der Waals surface area contributed by atoms with E-state index in [0.717, 1.165) is 18.5 Å². The van der Waals surface area contributed by atoms with Crippen LogP contribution in [0.2, 0.25) is 0 Å². The lowest BCUT2D eigenvalue weighted by atomic mass is 10.1. The number of amides is 1. The van der Waals surface area contributed by atoms with Crippen LogP contribution in [0.25, 0.3) is 0 Å². The van der Waals surface area contributed by atoms with Gasteiger partial charge in [0.2, 0.25) is 0 Å². The minimum Gasteiger partial charge on any atom is -0.394 e. The average molecular weight is 267 g/mol. The van der Waals surface area contributed by atoms with Crippen molar-refractivity contribution in [3.8, 4) is 0 Å². The highest BCUT2D eigenvalue weighted by Gasteiger charge is 2.25. The van der Waals surface area contributed by atoms with Gasteiger partial charge in [-0.25, -0.2) is 0 Å². The van der Waals surface area contributed by atoms with Crippen LogP contribution in [-0.2, 0) is 11.8 Å².